The summed E-state index contributed by atoms with van der Waals surface area (Å²) in [6, 6.07) is 7.14. The molecule has 0 unspecified atom stereocenters. The number of hydrogen-bond acceptors (Lipinski definition) is 3. The zero-order chi connectivity index (χ0) is 16.7. The number of aryl methyl sites for hydroxylation is 2. The lowest BCUT2D eigenvalue weighted by molar-refractivity contribution is 0.674. The van der Waals surface area contributed by atoms with Crippen LogP contribution in [0.5, 0.6) is 0 Å². The average Bonchev–Trinajstić information content (AvgIpc) is 2.87. The molecule has 7 heteroatoms. The van der Waals surface area contributed by atoms with Gasteiger partial charge in [0.1, 0.15) is 5.82 Å². The second-order valence-electron chi connectivity index (χ2n) is 5.11. The van der Waals surface area contributed by atoms with Gasteiger partial charge in [0.25, 0.3) is 5.56 Å². The quantitative estimate of drug-likeness (QED) is 0.668. The maximum Gasteiger partial charge on any atom is 0.333 e. The molecule has 0 saturated heterocycles. The van der Waals surface area contributed by atoms with Crippen LogP contribution in [0.3, 0.4) is 0 Å². The SMILES string of the molecule is C#CCn1c(=O)c2c(nc(-c3cccc(Cl)c3)n2C)n(C)c1=O. The number of halogens is 1. The number of aromatic nitrogens is 4. The molecule has 2 heterocycles. The Hall–Kier alpha value is -2.78. The third-order valence-corrected chi connectivity index (χ3v) is 3.93. The van der Waals surface area contributed by atoms with Gasteiger partial charge in [-0.15, -0.1) is 6.42 Å². The summed E-state index contributed by atoms with van der Waals surface area (Å²) in [5, 5.41) is 0.563. The van der Waals surface area contributed by atoms with Crippen molar-refractivity contribution in [2.75, 3.05) is 0 Å². The predicted octanol–water partition coefficient (Wildman–Crippen LogP) is 1.39. The van der Waals surface area contributed by atoms with Crippen LogP contribution < -0.4 is 11.2 Å². The number of rotatable bonds is 2. The molecule has 0 aliphatic rings. The summed E-state index contributed by atoms with van der Waals surface area (Å²) in [6.07, 6.45) is 5.25. The molecule has 0 amide bonds. The van der Waals surface area contributed by atoms with E-state index in [1.165, 1.54) is 4.57 Å². The van der Waals surface area contributed by atoms with Gasteiger partial charge in [-0.1, -0.05) is 29.7 Å². The van der Waals surface area contributed by atoms with Gasteiger partial charge in [0.2, 0.25) is 0 Å². The zero-order valence-corrected chi connectivity index (χ0v) is 13.3. The fourth-order valence-corrected chi connectivity index (χ4v) is 2.75. The van der Waals surface area contributed by atoms with Crippen molar-refractivity contribution in [3.63, 3.8) is 0 Å². The molecule has 0 saturated carbocycles. The average molecular weight is 329 g/mol. The number of benzene rings is 1. The molecule has 6 nitrogen and oxygen atoms in total. The van der Waals surface area contributed by atoms with Gasteiger partial charge in [-0.05, 0) is 12.1 Å². The molecule has 1 aromatic carbocycles. The van der Waals surface area contributed by atoms with E-state index in [0.717, 1.165) is 10.1 Å². The first-order valence-electron chi connectivity index (χ1n) is 6.81. The highest BCUT2D eigenvalue weighted by Crippen LogP contribution is 2.23. The lowest BCUT2D eigenvalue weighted by Gasteiger charge is -2.05. The van der Waals surface area contributed by atoms with Crippen LogP contribution in [0.2, 0.25) is 5.02 Å². The van der Waals surface area contributed by atoms with Crippen LogP contribution in [0.15, 0.2) is 33.9 Å². The summed E-state index contributed by atoms with van der Waals surface area (Å²) in [5.74, 6) is 2.87. The van der Waals surface area contributed by atoms with E-state index < -0.39 is 11.2 Å². The maximum atomic E-state index is 12.6. The van der Waals surface area contributed by atoms with Crippen LogP contribution >= 0.6 is 11.6 Å². The first kappa shape index (κ1) is 15.1. The smallest absolute Gasteiger partial charge is 0.321 e. The molecular formula is C16H13ClN4O2. The predicted molar refractivity (Wildman–Crippen MR) is 89.5 cm³/mol. The van der Waals surface area contributed by atoms with Crippen LogP contribution in [0.4, 0.5) is 0 Å². The Morgan fingerprint density at radius 3 is 2.65 bits per heavy atom. The van der Waals surface area contributed by atoms with Crippen LogP contribution in [0.25, 0.3) is 22.6 Å². The summed E-state index contributed by atoms with van der Waals surface area (Å²) < 4.78 is 3.99. The first-order valence-corrected chi connectivity index (χ1v) is 7.19. The third kappa shape index (κ3) is 2.26. The summed E-state index contributed by atoms with van der Waals surface area (Å²) in [5.41, 5.74) is 0.440. The molecule has 0 N–H and O–H groups in total. The van der Waals surface area contributed by atoms with Crippen LogP contribution in [-0.2, 0) is 20.6 Å². The summed E-state index contributed by atoms with van der Waals surface area (Å²) in [4.78, 5) is 29.3. The molecule has 0 spiro atoms. The Labute approximate surface area is 136 Å². The van der Waals surface area contributed by atoms with Crippen molar-refractivity contribution in [1.29, 1.82) is 0 Å². The molecule has 0 fully saturated rings. The zero-order valence-electron chi connectivity index (χ0n) is 12.6. The number of nitrogens with zero attached hydrogens (tertiary/aromatic N) is 4. The standard InChI is InChI=1S/C16H13ClN4O2/c1-4-8-21-15(22)12-14(20(3)16(21)23)18-13(19(12)2)10-6-5-7-11(17)9-10/h1,5-7,9H,8H2,2-3H3. The largest absolute Gasteiger partial charge is 0.333 e. The summed E-state index contributed by atoms with van der Waals surface area (Å²) in [6.45, 7) is -0.0842. The van der Waals surface area contributed by atoms with E-state index in [9.17, 15) is 9.59 Å². The lowest BCUT2D eigenvalue weighted by Crippen LogP contribution is -2.39. The molecule has 116 valence electrons. The summed E-state index contributed by atoms with van der Waals surface area (Å²) >= 11 is 6.02. The molecule has 0 aliphatic heterocycles. The highest BCUT2D eigenvalue weighted by molar-refractivity contribution is 6.30. The fraction of sp³-hybridized carbons (Fsp3) is 0.188. The third-order valence-electron chi connectivity index (χ3n) is 3.69. The van der Waals surface area contributed by atoms with E-state index in [-0.39, 0.29) is 6.54 Å². The Balaban J connectivity index is 2.43. The van der Waals surface area contributed by atoms with Gasteiger partial charge in [-0.2, -0.15) is 0 Å². The normalized spacial score (nSPS) is 10.9. The van der Waals surface area contributed by atoms with Gasteiger partial charge < -0.3 is 4.57 Å². The monoisotopic (exact) mass is 328 g/mol. The molecule has 3 aromatic rings. The van der Waals surface area contributed by atoms with Crippen LogP contribution in [0.1, 0.15) is 0 Å². The minimum Gasteiger partial charge on any atom is -0.321 e. The van der Waals surface area contributed by atoms with Crippen molar-refractivity contribution in [3.05, 3.63) is 50.1 Å². The van der Waals surface area contributed by atoms with Crippen LogP contribution in [-0.4, -0.2) is 18.7 Å². The van der Waals surface area contributed by atoms with Crippen molar-refractivity contribution in [3.8, 4) is 23.7 Å². The number of imidazole rings is 1. The number of terminal acetylenes is 1. The molecule has 0 atom stereocenters. The van der Waals surface area contributed by atoms with Gasteiger partial charge in [-0.25, -0.2) is 14.3 Å². The van der Waals surface area contributed by atoms with Crippen molar-refractivity contribution < 1.29 is 0 Å². The Morgan fingerprint density at radius 1 is 1.26 bits per heavy atom. The van der Waals surface area contributed by atoms with Gasteiger partial charge in [0.05, 0.1) is 6.54 Å². The minimum absolute atomic E-state index is 0.0842. The van der Waals surface area contributed by atoms with Crippen molar-refractivity contribution >= 4 is 22.8 Å². The molecular weight excluding hydrogens is 316 g/mol. The van der Waals surface area contributed by atoms with E-state index in [0.29, 0.717) is 22.0 Å². The molecule has 0 aliphatic carbocycles. The molecule has 3 rings (SSSR count). The highest BCUT2D eigenvalue weighted by atomic mass is 35.5. The Morgan fingerprint density at radius 2 is 2.00 bits per heavy atom. The van der Waals surface area contributed by atoms with Crippen molar-refractivity contribution in [2.24, 2.45) is 14.1 Å². The summed E-state index contributed by atoms with van der Waals surface area (Å²) in [7, 11) is 3.28. The second kappa shape index (κ2) is 5.45. The minimum atomic E-state index is -0.490. The molecule has 0 radical (unpaired) electrons. The molecule has 2 aromatic heterocycles. The maximum absolute atomic E-state index is 12.6. The highest BCUT2D eigenvalue weighted by Gasteiger charge is 2.18. The van der Waals surface area contributed by atoms with Crippen molar-refractivity contribution in [1.82, 2.24) is 18.7 Å². The van der Waals surface area contributed by atoms with E-state index >= 15 is 0 Å². The van der Waals surface area contributed by atoms with Gasteiger partial charge in [-0.3, -0.25) is 9.36 Å². The second-order valence-corrected chi connectivity index (χ2v) is 5.55. The topological polar surface area (TPSA) is 61.8 Å². The number of fused-ring (bicyclic) bond motifs is 1. The van der Waals surface area contributed by atoms with E-state index in [4.69, 9.17) is 18.0 Å². The lowest BCUT2D eigenvalue weighted by atomic mass is 10.2. The van der Waals surface area contributed by atoms with E-state index in [1.54, 1.807) is 36.9 Å². The first-order chi connectivity index (χ1) is 11.0. The Kier molecular flexibility index (Phi) is 3.58. The van der Waals surface area contributed by atoms with Gasteiger partial charge in [0, 0.05) is 24.7 Å². The van der Waals surface area contributed by atoms with Crippen LogP contribution in [0, 0.1) is 12.3 Å². The van der Waals surface area contributed by atoms with Gasteiger partial charge in [0.15, 0.2) is 11.2 Å². The fourth-order valence-electron chi connectivity index (χ4n) is 2.56. The number of hydrogen-bond donors (Lipinski definition) is 0. The Bertz CT molecular complexity index is 1080. The van der Waals surface area contributed by atoms with Gasteiger partial charge >= 0.3 is 5.69 Å². The molecule has 0 bridgehead atoms. The van der Waals surface area contributed by atoms with E-state index in [1.807, 2.05) is 6.07 Å². The molecule has 23 heavy (non-hydrogen) atoms. The van der Waals surface area contributed by atoms with Crippen molar-refractivity contribution in [2.45, 2.75) is 6.54 Å². The van der Waals surface area contributed by atoms with E-state index in [2.05, 4.69) is 10.9 Å².